The average molecular weight is 287 g/mol. The zero-order valence-electron chi connectivity index (χ0n) is 11.5. The van der Waals surface area contributed by atoms with E-state index in [9.17, 15) is 4.79 Å². The number of hydrogen-bond acceptors (Lipinski definition) is 2. The minimum absolute atomic E-state index is 0.0344. The van der Waals surface area contributed by atoms with Crippen LogP contribution in [-0.4, -0.2) is 5.78 Å². The zero-order chi connectivity index (χ0) is 14.3. The van der Waals surface area contributed by atoms with Crippen LogP contribution in [-0.2, 0) is 18.0 Å². The standard InChI is InChI=1S/C17H15ClO2/c1-10-5-15(16(18)6-11(10)2)17(19)12-3-4-13-8-20-9-14(13)7-12/h3-7H,8-9H2,1-2H3. The summed E-state index contributed by atoms with van der Waals surface area (Å²) in [4.78, 5) is 12.6. The van der Waals surface area contributed by atoms with Gasteiger partial charge >= 0.3 is 0 Å². The van der Waals surface area contributed by atoms with Gasteiger partial charge in [-0.3, -0.25) is 4.79 Å². The largest absolute Gasteiger partial charge is 0.372 e. The normalized spacial score (nSPS) is 13.3. The maximum atomic E-state index is 12.6. The molecule has 3 heteroatoms. The lowest BCUT2D eigenvalue weighted by molar-refractivity contribution is 0.103. The number of hydrogen-bond donors (Lipinski definition) is 0. The summed E-state index contributed by atoms with van der Waals surface area (Å²) >= 11 is 6.22. The highest BCUT2D eigenvalue weighted by Gasteiger charge is 2.17. The van der Waals surface area contributed by atoms with Crippen LogP contribution in [0.25, 0.3) is 0 Å². The number of ketones is 1. The average Bonchev–Trinajstić information content (AvgIpc) is 2.89. The van der Waals surface area contributed by atoms with Crippen molar-refractivity contribution < 1.29 is 9.53 Å². The molecule has 1 aliphatic heterocycles. The highest BCUT2D eigenvalue weighted by atomic mass is 35.5. The van der Waals surface area contributed by atoms with E-state index in [1.54, 1.807) is 0 Å². The molecule has 0 bridgehead atoms. The van der Waals surface area contributed by atoms with Crippen molar-refractivity contribution in [3.8, 4) is 0 Å². The van der Waals surface area contributed by atoms with Crippen LogP contribution in [0, 0.1) is 13.8 Å². The lowest BCUT2D eigenvalue weighted by Gasteiger charge is -2.08. The minimum Gasteiger partial charge on any atom is -0.372 e. The SMILES string of the molecule is Cc1cc(Cl)c(C(=O)c2ccc3c(c2)COC3)cc1C. The number of rotatable bonds is 2. The second-order valence-corrected chi connectivity index (χ2v) is 5.63. The highest BCUT2D eigenvalue weighted by molar-refractivity contribution is 6.35. The van der Waals surface area contributed by atoms with Crippen molar-refractivity contribution in [2.24, 2.45) is 0 Å². The summed E-state index contributed by atoms with van der Waals surface area (Å²) in [5.41, 5.74) is 5.65. The zero-order valence-corrected chi connectivity index (χ0v) is 12.3. The van der Waals surface area contributed by atoms with Gasteiger partial charge in [0.05, 0.1) is 18.2 Å². The molecule has 1 heterocycles. The number of ether oxygens (including phenoxy) is 1. The third-order valence-electron chi connectivity index (χ3n) is 3.81. The van der Waals surface area contributed by atoms with Gasteiger partial charge in [-0.25, -0.2) is 0 Å². The molecule has 102 valence electrons. The van der Waals surface area contributed by atoms with Gasteiger partial charge in [0.1, 0.15) is 0 Å². The first-order valence-electron chi connectivity index (χ1n) is 6.57. The molecule has 20 heavy (non-hydrogen) atoms. The lowest BCUT2D eigenvalue weighted by atomic mass is 9.97. The van der Waals surface area contributed by atoms with E-state index in [-0.39, 0.29) is 5.78 Å². The Kier molecular flexibility index (Phi) is 3.36. The Morgan fingerprint density at radius 1 is 1.05 bits per heavy atom. The summed E-state index contributed by atoms with van der Waals surface area (Å²) < 4.78 is 5.38. The molecule has 0 aliphatic carbocycles. The Labute approximate surface area is 123 Å². The van der Waals surface area contributed by atoms with E-state index >= 15 is 0 Å². The van der Waals surface area contributed by atoms with Crippen LogP contribution < -0.4 is 0 Å². The number of fused-ring (bicyclic) bond motifs is 1. The predicted molar refractivity (Wildman–Crippen MR) is 79.3 cm³/mol. The first-order valence-corrected chi connectivity index (χ1v) is 6.95. The van der Waals surface area contributed by atoms with Gasteiger partial charge in [-0.05, 0) is 54.3 Å². The molecule has 0 saturated carbocycles. The van der Waals surface area contributed by atoms with E-state index in [0.717, 1.165) is 22.3 Å². The van der Waals surface area contributed by atoms with Gasteiger partial charge in [0.2, 0.25) is 0 Å². The van der Waals surface area contributed by atoms with Crippen molar-refractivity contribution in [3.63, 3.8) is 0 Å². The molecule has 0 N–H and O–H groups in total. The molecule has 1 aliphatic rings. The predicted octanol–water partition coefficient (Wildman–Crippen LogP) is 4.22. The van der Waals surface area contributed by atoms with Gasteiger partial charge < -0.3 is 4.74 Å². The monoisotopic (exact) mass is 286 g/mol. The molecule has 0 unspecified atom stereocenters. The summed E-state index contributed by atoms with van der Waals surface area (Å²) in [6.07, 6.45) is 0. The van der Waals surface area contributed by atoms with Crippen LogP contribution in [0.15, 0.2) is 30.3 Å². The highest BCUT2D eigenvalue weighted by Crippen LogP contribution is 2.26. The Morgan fingerprint density at radius 3 is 2.55 bits per heavy atom. The first kappa shape index (κ1) is 13.3. The topological polar surface area (TPSA) is 26.3 Å². The number of benzene rings is 2. The fourth-order valence-electron chi connectivity index (χ4n) is 2.42. The van der Waals surface area contributed by atoms with Gasteiger partial charge in [0.25, 0.3) is 0 Å². The van der Waals surface area contributed by atoms with E-state index in [1.165, 1.54) is 0 Å². The van der Waals surface area contributed by atoms with Crippen molar-refractivity contribution in [3.05, 3.63) is 68.7 Å². The van der Waals surface area contributed by atoms with E-state index in [2.05, 4.69) is 0 Å². The molecular weight excluding hydrogens is 272 g/mol. The van der Waals surface area contributed by atoms with Crippen LogP contribution in [0.5, 0.6) is 0 Å². The summed E-state index contributed by atoms with van der Waals surface area (Å²) in [6, 6.07) is 9.44. The van der Waals surface area contributed by atoms with Gasteiger partial charge in [-0.1, -0.05) is 23.7 Å². The van der Waals surface area contributed by atoms with Crippen molar-refractivity contribution in [2.45, 2.75) is 27.1 Å². The number of aryl methyl sites for hydroxylation is 2. The summed E-state index contributed by atoms with van der Waals surface area (Å²) in [5, 5.41) is 0.509. The fourth-order valence-corrected chi connectivity index (χ4v) is 2.73. The van der Waals surface area contributed by atoms with Gasteiger partial charge in [0.15, 0.2) is 5.78 Å². The van der Waals surface area contributed by atoms with Crippen LogP contribution in [0.1, 0.15) is 38.2 Å². The molecule has 0 saturated heterocycles. The van der Waals surface area contributed by atoms with E-state index in [4.69, 9.17) is 16.3 Å². The third kappa shape index (κ3) is 2.26. The smallest absolute Gasteiger partial charge is 0.194 e. The maximum absolute atomic E-state index is 12.6. The summed E-state index contributed by atoms with van der Waals surface area (Å²) in [5.74, 6) is -0.0344. The van der Waals surface area contributed by atoms with Crippen molar-refractivity contribution in [2.75, 3.05) is 0 Å². The van der Waals surface area contributed by atoms with Crippen molar-refractivity contribution in [1.29, 1.82) is 0 Å². The number of carbonyl (C=O) groups is 1. The third-order valence-corrected chi connectivity index (χ3v) is 4.12. The van der Waals surface area contributed by atoms with Crippen LogP contribution >= 0.6 is 11.6 Å². The Hall–Kier alpha value is -1.64. The van der Waals surface area contributed by atoms with Gasteiger partial charge in [-0.15, -0.1) is 0 Å². The quantitative estimate of drug-likeness (QED) is 0.773. The van der Waals surface area contributed by atoms with E-state index < -0.39 is 0 Å². The molecule has 2 aromatic rings. The Bertz CT molecular complexity index is 704. The van der Waals surface area contributed by atoms with E-state index in [0.29, 0.717) is 29.4 Å². The fraction of sp³-hybridized carbons (Fsp3) is 0.235. The Balaban J connectivity index is 2.03. The van der Waals surface area contributed by atoms with E-state index in [1.807, 2.05) is 44.2 Å². The summed E-state index contributed by atoms with van der Waals surface area (Å²) in [7, 11) is 0. The molecule has 3 rings (SSSR count). The second-order valence-electron chi connectivity index (χ2n) is 5.22. The molecule has 0 atom stereocenters. The van der Waals surface area contributed by atoms with Gasteiger partial charge in [0, 0.05) is 11.1 Å². The second kappa shape index (κ2) is 5.04. The molecule has 0 fully saturated rings. The van der Waals surface area contributed by atoms with Crippen molar-refractivity contribution in [1.82, 2.24) is 0 Å². The van der Waals surface area contributed by atoms with Gasteiger partial charge in [-0.2, -0.15) is 0 Å². The number of halogens is 1. The van der Waals surface area contributed by atoms with Crippen LogP contribution in [0.4, 0.5) is 0 Å². The summed E-state index contributed by atoms with van der Waals surface area (Å²) in [6.45, 7) is 5.19. The lowest BCUT2D eigenvalue weighted by Crippen LogP contribution is -2.04. The molecule has 0 spiro atoms. The molecular formula is C17H15ClO2. The number of carbonyl (C=O) groups excluding carboxylic acids is 1. The molecule has 2 nitrogen and oxygen atoms in total. The minimum atomic E-state index is -0.0344. The van der Waals surface area contributed by atoms with Crippen LogP contribution in [0.2, 0.25) is 5.02 Å². The Morgan fingerprint density at radius 2 is 1.75 bits per heavy atom. The first-order chi connectivity index (χ1) is 9.56. The molecule has 0 amide bonds. The molecule has 0 radical (unpaired) electrons. The molecule has 0 aromatic heterocycles. The van der Waals surface area contributed by atoms with Crippen molar-refractivity contribution >= 4 is 17.4 Å². The maximum Gasteiger partial charge on any atom is 0.194 e. The molecule has 2 aromatic carbocycles. The van der Waals surface area contributed by atoms with Crippen LogP contribution in [0.3, 0.4) is 0 Å².